The minimum Gasteiger partial charge on any atom is -0.495 e. The Hall–Kier alpha value is -1.26. The van der Waals surface area contributed by atoms with Crippen molar-refractivity contribution in [1.29, 1.82) is 0 Å². The molecule has 112 valence electrons. The summed E-state index contributed by atoms with van der Waals surface area (Å²) in [5.41, 5.74) is 0.994. The summed E-state index contributed by atoms with van der Waals surface area (Å²) < 4.78 is 9.92. The first-order chi connectivity index (χ1) is 9.47. The highest BCUT2D eigenvalue weighted by Crippen LogP contribution is 2.24. The summed E-state index contributed by atoms with van der Waals surface area (Å²) in [5.74, 6) is 0.812. The van der Waals surface area contributed by atoms with Crippen LogP contribution in [0.3, 0.4) is 0 Å². The topological polar surface area (TPSA) is 47.6 Å². The van der Waals surface area contributed by atoms with Gasteiger partial charge in [0.05, 0.1) is 19.2 Å². The average Bonchev–Trinajstić information content (AvgIpc) is 2.42. The van der Waals surface area contributed by atoms with E-state index in [0.717, 1.165) is 12.0 Å². The Morgan fingerprint density at radius 2 is 2.05 bits per heavy atom. The molecule has 1 unspecified atom stereocenters. The van der Waals surface area contributed by atoms with Crippen LogP contribution in [0.5, 0.6) is 5.75 Å². The number of nitrogens with one attached hydrogen (secondary N) is 1. The van der Waals surface area contributed by atoms with Crippen LogP contribution in [0, 0.1) is 5.92 Å². The summed E-state index contributed by atoms with van der Waals surface area (Å²) in [6, 6.07) is 5.26. The van der Waals surface area contributed by atoms with Gasteiger partial charge in [-0.15, -0.1) is 0 Å². The van der Waals surface area contributed by atoms with Gasteiger partial charge >= 0.3 is 5.97 Å². The van der Waals surface area contributed by atoms with Crippen molar-refractivity contribution in [2.24, 2.45) is 5.92 Å². The van der Waals surface area contributed by atoms with Crippen LogP contribution in [0.4, 0.5) is 0 Å². The van der Waals surface area contributed by atoms with E-state index >= 15 is 0 Å². The second-order valence-corrected chi connectivity index (χ2v) is 5.46. The maximum atomic E-state index is 11.7. The summed E-state index contributed by atoms with van der Waals surface area (Å²) in [7, 11) is 2.98. The zero-order valence-corrected chi connectivity index (χ0v) is 13.2. The normalized spacial score (nSPS) is 12.3. The van der Waals surface area contributed by atoms with E-state index in [4.69, 9.17) is 21.1 Å². The van der Waals surface area contributed by atoms with Gasteiger partial charge in [0.2, 0.25) is 0 Å². The van der Waals surface area contributed by atoms with Gasteiger partial charge in [0.1, 0.15) is 11.8 Å². The van der Waals surface area contributed by atoms with Gasteiger partial charge in [-0.2, -0.15) is 0 Å². The minimum atomic E-state index is -0.305. The predicted octanol–water partition coefficient (Wildman–Crippen LogP) is 3.03. The number of halogens is 1. The van der Waals surface area contributed by atoms with E-state index in [0.29, 0.717) is 23.2 Å². The quantitative estimate of drug-likeness (QED) is 0.786. The van der Waals surface area contributed by atoms with Crippen molar-refractivity contribution in [2.45, 2.75) is 32.9 Å². The molecule has 5 heteroatoms. The molecule has 0 saturated heterocycles. The molecule has 0 spiro atoms. The Morgan fingerprint density at radius 1 is 1.35 bits per heavy atom. The fourth-order valence-corrected chi connectivity index (χ4v) is 2.22. The van der Waals surface area contributed by atoms with Crippen molar-refractivity contribution < 1.29 is 14.3 Å². The van der Waals surface area contributed by atoms with Crippen LogP contribution < -0.4 is 10.1 Å². The molecule has 1 rings (SSSR count). The molecule has 1 N–H and O–H groups in total. The van der Waals surface area contributed by atoms with E-state index in [1.54, 1.807) is 7.11 Å². The maximum absolute atomic E-state index is 11.7. The van der Waals surface area contributed by atoms with Crippen molar-refractivity contribution in [3.63, 3.8) is 0 Å². The molecule has 0 saturated carbocycles. The van der Waals surface area contributed by atoms with Crippen molar-refractivity contribution in [2.75, 3.05) is 14.2 Å². The van der Waals surface area contributed by atoms with E-state index in [1.165, 1.54) is 7.11 Å². The number of methoxy groups -OCH3 is 2. The molecule has 1 aromatic rings. The van der Waals surface area contributed by atoms with Crippen molar-refractivity contribution >= 4 is 17.6 Å². The predicted molar refractivity (Wildman–Crippen MR) is 80.1 cm³/mol. The number of carbonyl (C=O) groups is 1. The first-order valence-electron chi connectivity index (χ1n) is 6.61. The van der Waals surface area contributed by atoms with Crippen LogP contribution in [0.1, 0.15) is 25.8 Å². The van der Waals surface area contributed by atoms with Gasteiger partial charge < -0.3 is 14.8 Å². The summed E-state index contributed by atoms with van der Waals surface area (Å²) in [6.07, 6.45) is 0.733. The Morgan fingerprint density at radius 3 is 2.55 bits per heavy atom. The Kier molecular flexibility index (Phi) is 6.82. The third kappa shape index (κ3) is 5.02. The monoisotopic (exact) mass is 299 g/mol. The lowest BCUT2D eigenvalue weighted by atomic mass is 10.0. The number of benzene rings is 1. The Balaban J connectivity index is 2.67. The van der Waals surface area contributed by atoms with Crippen LogP contribution in [0.15, 0.2) is 18.2 Å². The number of hydrogen-bond donors (Lipinski definition) is 1. The smallest absolute Gasteiger partial charge is 0.322 e. The van der Waals surface area contributed by atoms with Crippen molar-refractivity contribution in [3.8, 4) is 5.75 Å². The molecule has 0 radical (unpaired) electrons. The van der Waals surface area contributed by atoms with Gasteiger partial charge in [0, 0.05) is 6.54 Å². The van der Waals surface area contributed by atoms with Crippen LogP contribution in [0.25, 0.3) is 0 Å². The third-order valence-electron chi connectivity index (χ3n) is 2.96. The van der Waals surface area contributed by atoms with Crippen LogP contribution in [0.2, 0.25) is 5.02 Å². The average molecular weight is 300 g/mol. The molecule has 0 aliphatic carbocycles. The largest absolute Gasteiger partial charge is 0.495 e. The fourth-order valence-electron chi connectivity index (χ4n) is 1.94. The molecule has 4 nitrogen and oxygen atoms in total. The number of carbonyl (C=O) groups excluding carboxylic acids is 1. The number of ether oxygens (including phenoxy) is 2. The highest BCUT2D eigenvalue weighted by Gasteiger charge is 2.19. The van der Waals surface area contributed by atoms with Gasteiger partial charge in [-0.25, -0.2) is 0 Å². The molecule has 0 amide bonds. The van der Waals surface area contributed by atoms with E-state index in [-0.39, 0.29) is 12.0 Å². The molecule has 0 aromatic heterocycles. The summed E-state index contributed by atoms with van der Waals surface area (Å²) >= 11 is 6.07. The zero-order valence-electron chi connectivity index (χ0n) is 12.4. The lowest BCUT2D eigenvalue weighted by Crippen LogP contribution is -2.38. The number of esters is 1. The summed E-state index contributed by atoms with van der Waals surface area (Å²) in [5, 5.41) is 3.77. The second kappa shape index (κ2) is 8.12. The maximum Gasteiger partial charge on any atom is 0.322 e. The molecule has 1 aromatic carbocycles. The van der Waals surface area contributed by atoms with E-state index in [1.807, 2.05) is 18.2 Å². The molecule has 0 aliphatic heterocycles. The minimum absolute atomic E-state index is 0.238. The fraction of sp³-hybridized carbons (Fsp3) is 0.533. The van der Waals surface area contributed by atoms with Gasteiger partial charge in [0.25, 0.3) is 0 Å². The summed E-state index contributed by atoms with van der Waals surface area (Å²) in [4.78, 5) is 11.7. The number of hydrogen-bond acceptors (Lipinski definition) is 4. The van der Waals surface area contributed by atoms with Crippen molar-refractivity contribution in [3.05, 3.63) is 28.8 Å². The molecule has 0 aliphatic rings. The van der Waals surface area contributed by atoms with Crippen LogP contribution in [-0.4, -0.2) is 26.2 Å². The molecule has 20 heavy (non-hydrogen) atoms. The zero-order chi connectivity index (χ0) is 15.1. The van der Waals surface area contributed by atoms with E-state index < -0.39 is 0 Å². The standard InChI is InChI=1S/C15H22ClNO3/c1-10(2)7-13(15(18)20-4)17-9-11-5-6-14(19-3)12(16)8-11/h5-6,8,10,13,17H,7,9H2,1-4H3. The van der Waals surface area contributed by atoms with E-state index in [2.05, 4.69) is 19.2 Å². The van der Waals surface area contributed by atoms with Gasteiger partial charge in [-0.3, -0.25) is 4.79 Å². The molecular formula is C15H22ClNO3. The summed E-state index contributed by atoms with van der Waals surface area (Å²) in [6.45, 7) is 4.69. The molecular weight excluding hydrogens is 278 g/mol. The first kappa shape index (κ1) is 16.8. The van der Waals surface area contributed by atoms with Gasteiger partial charge in [-0.1, -0.05) is 31.5 Å². The number of rotatable bonds is 7. The van der Waals surface area contributed by atoms with Gasteiger partial charge in [-0.05, 0) is 30.0 Å². The molecule has 0 fully saturated rings. The first-order valence-corrected chi connectivity index (χ1v) is 6.99. The third-order valence-corrected chi connectivity index (χ3v) is 3.26. The Labute approximate surface area is 125 Å². The second-order valence-electron chi connectivity index (χ2n) is 5.06. The molecule has 0 bridgehead atoms. The van der Waals surface area contributed by atoms with Crippen LogP contribution >= 0.6 is 11.6 Å². The van der Waals surface area contributed by atoms with E-state index in [9.17, 15) is 4.79 Å². The highest BCUT2D eigenvalue weighted by molar-refractivity contribution is 6.32. The molecule has 1 atom stereocenters. The van der Waals surface area contributed by atoms with Crippen molar-refractivity contribution in [1.82, 2.24) is 5.32 Å². The highest BCUT2D eigenvalue weighted by atomic mass is 35.5. The van der Waals surface area contributed by atoms with Gasteiger partial charge in [0.15, 0.2) is 0 Å². The van der Waals surface area contributed by atoms with Crippen LogP contribution in [-0.2, 0) is 16.1 Å². The SMILES string of the molecule is COC(=O)C(CC(C)C)NCc1ccc(OC)c(Cl)c1. The lowest BCUT2D eigenvalue weighted by Gasteiger charge is -2.18. The Bertz CT molecular complexity index is 449. The lowest BCUT2D eigenvalue weighted by molar-refractivity contribution is -0.143. The molecule has 0 heterocycles.